The lowest BCUT2D eigenvalue weighted by Gasteiger charge is -2.36. The number of amides is 1. The average Bonchev–Trinajstić information content (AvgIpc) is 2.77. The lowest BCUT2D eigenvalue weighted by Crippen LogP contribution is -2.47. The third kappa shape index (κ3) is 6.98. The second-order valence-electron chi connectivity index (χ2n) is 7.06. The molecule has 29 heavy (non-hydrogen) atoms. The molecule has 1 saturated heterocycles. The van der Waals surface area contributed by atoms with Gasteiger partial charge in [0.05, 0.1) is 6.61 Å². The number of carbonyl (C=O) groups excluding carboxylic acids is 1. The van der Waals surface area contributed by atoms with Gasteiger partial charge < -0.3 is 19.7 Å². The molecule has 1 fully saturated rings. The smallest absolute Gasteiger partial charge is 0.257 e. The normalized spacial score (nSPS) is 14.4. The molecule has 1 N–H and O–H groups in total. The molecule has 0 unspecified atom stereocenters. The molecular formula is C23H31N3O3. The summed E-state index contributed by atoms with van der Waals surface area (Å²) < 4.78 is 10.9. The van der Waals surface area contributed by atoms with Crippen molar-refractivity contribution in [1.82, 2.24) is 10.2 Å². The van der Waals surface area contributed by atoms with Crippen LogP contribution in [-0.4, -0.2) is 63.3 Å². The van der Waals surface area contributed by atoms with E-state index in [0.29, 0.717) is 18.9 Å². The van der Waals surface area contributed by atoms with Crippen LogP contribution < -0.4 is 19.7 Å². The number of carbonyl (C=O) groups is 1. The predicted molar refractivity (Wildman–Crippen MR) is 116 cm³/mol. The molecule has 1 aliphatic heterocycles. The van der Waals surface area contributed by atoms with Gasteiger partial charge >= 0.3 is 0 Å². The van der Waals surface area contributed by atoms with Gasteiger partial charge in [0, 0.05) is 38.4 Å². The van der Waals surface area contributed by atoms with Crippen LogP contribution in [-0.2, 0) is 4.79 Å². The first-order valence-electron chi connectivity index (χ1n) is 10.4. The second kappa shape index (κ2) is 11.3. The molecule has 156 valence electrons. The van der Waals surface area contributed by atoms with Crippen LogP contribution in [0.3, 0.4) is 0 Å². The average molecular weight is 398 g/mol. The second-order valence-corrected chi connectivity index (χ2v) is 7.06. The number of nitrogens with one attached hydrogen (secondary N) is 1. The van der Waals surface area contributed by atoms with Gasteiger partial charge in [0.2, 0.25) is 0 Å². The van der Waals surface area contributed by atoms with Crippen molar-refractivity contribution in [2.75, 3.05) is 57.4 Å². The monoisotopic (exact) mass is 397 g/mol. The maximum atomic E-state index is 12.0. The summed E-state index contributed by atoms with van der Waals surface area (Å²) in [6.07, 6.45) is 0.945. The highest BCUT2D eigenvalue weighted by molar-refractivity contribution is 5.77. The summed E-state index contributed by atoms with van der Waals surface area (Å²) in [6, 6.07) is 17.9. The van der Waals surface area contributed by atoms with E-state index in [9.17, 15) is 4.79 Å². The Bertz CT molecular complexity index is 729. The highest BCUT2D eigenvalue weighted by atomic mass is 16.5. The van der Waals surface area contributed by atoms with Crippen molar-refractivity contribution in [3.63, 3.8) is 0 Å². The summed E-state index contributed by atoms with van der Waals surface area (Å²) in [5.74, 6) is 1.38. The Kier molecular flexibility index (Phi) is 8.19. The minimum absolute atomic E-state index is 0.0315. The Balaban J connectivity index is 1.25. The first-order chi connectivity index (χ1) is 14.2. The Morgan fingerprint density at radius 1 is 0.931 bits per heavy atom. The third-order valence-corrected chi connectivity index (χ3v) is 4.97. The van der Waals surface area contributed by atoms with Crippen LogP contribution in [0.1, 0.15) is 13.3 Å². The number of piperazine rings is 1. The van der Waals surface area contributed by atoms with Crippen molar-refractivity contribution in [3.8, 4) is 11.5 Å². The van der Waals surface area contributed by atoms with Crippen LogP contribution in [0, 0.1) is 0 Å². The zero-order chi connectivity index (χ0) is 20.3. The van der Waals surface area contributed by atoms with Gasteiger partial charge in [-0.05, 0) is 56.3 Å². The topological polar surface area (TPSA) is 54.0 Å². The van der Waals surface area contributed by atoms with Gasteiger partial charge in [-0.25, -0.2) is 0 Å². The van der Waals surface area contributed by atoms with E-state index in [1.165, 1.54) is 5.69 Å². The minimum Gasteiger partial charge on any atom is -0.494 e. The number of para-hydroxylation sites is 1. The molecule has 1 heterocycles. The predicted octanol–water partition coefficient (Wildman–Crippen LogP) is 2.79. The van der Waals surface area contributed by atoms with Crippen LogP contribution in [0.4, 0.5) is 5.69 Å². The third-order valence-electron chi connectivity index (χ3n) is 4.97. The van der Waals surface area contributed by atoms with E-state index in [1.807, 2.05) is 31.2 Å². The number of nitrogens with zero attached hydrogens (tertiary/aromatic N) is 2. The Labute approximate surface area is 173 Å². The number of benzene rings is 2. The van der Waals surface area contributed by atoms with E-state index in [4.69, 9.17) is 9.47 Å². The summed E-state index contributed by atoms with van der Waals surface area (Å²) in [4.78, 5) is 16.8. The van der Waals surface area contributed by atoms with Gasteiger partial charge in [0.1, 0.15) is 11.5 Å². The van der Waals surface area contributed by atoms with Crippen molar-refractivity contribution in [3.05, 3.63) is 54.6 Å². The molecule has 6 nitrogen and oxygen atoms in total. The van der Waals surface area contributed by atoms with Crippen LogP contribution in [0.2, 0.25) is 0 Å². The molecule has 6 heteroatoms. The largest absolute Gasteiger partial charge is 0.494 e. The lowest BCUT2D eigenvalue weighted by molar-refractivity contribution is -0.123. The molecule has 2 aromatic rings. The molecule has 0 bridgehead atoms. The van der Waals surface area contributed by atoms with Crippen LogP contribution in [0.5, 0.6) is 11.5 Å². The molecule has 1 amide bonds. The number of hydrogen-bond donors (Lipinski definition) is 1. The molecule has 0 radical (unpaired) electrons. The summed E-state index contributed by atoms with van der Waals surface area (Å²) in [5.41, 5.74) is 1.30. The molecule has 0 atom stereocenters. The molecule has 0 aliphatic carbocycles. The van der Waals surface area contributed by atoms with Crippen molar-refractivity contribution in [2.45, 2.75) is 13.3 Å². The van der Waals surface area contributed by atoms with Crippen molar-refractivity contribution in [2.24, 2.45) is 0 Å². The SMILES string of the molecule is CCOc1ccc(OCC(=O)NCCCN2CCN(c3ccccc3)CC2)cc1. The fraction of sp³-hybridized carbons (Fsp3) is 0.435. The quantitative estimate of drug-likeness (QED) is 0.625. The fourth-order valence-electron chi connectivity index (χ4n) is 3.40. The highest BCUT2D eigenvalue weighted by Crippen LogP contribution is 2.17. The van der Waals surface area contributed by atoms with Gasteiger partial charge in [-0.3, -0.25) is 9.69 Å². The number of ether oxygens (including phenoxy) is 2. The number of anilines is 1. The van der Waals surface area contributed by atoms with Crippen LogP contribution in [0.25, 0.3) is 0 Å². The van der Waals surface area contributed by atoms with Crippen LogP contribution >= 0.6 is 0 Å². The molecule has 0 spiro atoms. The van der Waals surface area contributed by atoms with E-state index in [1.54, 1.807) is 0 Å². The van der Waals surface area contributed by atoms with Crippen molar-refractivity contribution < 1.29 is 14.3 Å². The summed E-state index contributed by atoms with van der Waals surface area (Å²) in [7, 11) is 0. The first-order valence-corrected chi connectivity index (χ1v) is 10.4. The molecule has 3 rings (SSSR count). The van der Waals surface area contributed by atoms with E-state index in [0.717, 1.165) is 44.9 Å². The van der Waals surface area contributed by atoms with E-state index in [-0.39, 0.29) is 12.5 Å². The number of hydrogen-bond acceptors (Lipinski definition) is 5. The summed E-state index contributed by atoms with van der Waals surface area (Å²) in [6.45, 7) is 8.49. The Hall–Kier alpha value is -2.73. The summed E-state index contributed by atoms with van der Waals surface area (Å²) in [5, 5.41) is 2.93. The maximum absolute atomic E-state index is 12.0. The summed E-state index contributed by atoms with van der Waals surface area (Å²) >= 11 is 0. The van der Waals surface area contributed by atoms with E-state index >= 15 is 0 Å². The molecule has 0 saturated carbocycles. The first kappa shape index (κ1) is 21.0. The van der Waals surface area contributed by atoms with Crippen LogP contribution in [0.15, 0.2) is 54.6 Å². The molecule has 1 aliphatic rings. The maximum Gasteiger partial charge on any atom is 0.257 e. The highest BCUT2D eigenvalue weighted by Gasteiger charge is 2.16. The van der Waals surface area contributed by atoms with Gasteiger partial charge in [0.25, 0.3) is 5.91 Å². The molecule has 2 aromatic carbocycles. The van der Waals surface area contributed by atoms with Gasteiger partial charge in [-0.2, -0.15) is 0 Å². The van der Waals surface area contributed by atoms with Gasteiger partial charge in [-0.1, -0.05) is 18.2 Å². The Morgan fingerprint density at radius 2 is 1.59 bits per heavy atom. The zero-order valence-corrected chi connectivity index (χ0v) is 17.2. The lowest BCUT2D eigenvalue weighted by atomic mass is 10.2. The van der Waals surface area contributed by atoms with Crippen molar-refractivity contribution >= 4 is 11.6 Å². The van der Waals surface area contributed by atoms with E-state index in [2.05, 4.69) is 45.4 Å². The molecule has 0 aromatic heterocycles. The van der Waals surface area contributed by atoms with Gasteiger partial charge in [-0.15, -0.1) is 0 Å². The number of rotatable bonds is 10. The zero-order valence-electron chi connectivity index (χ0n) is 17.2. The van der Waals surface area contributed by atoms with E-state index < -0.39 is 0 Å². The van der Waals surface area contributed by atoms with Crippen molar-refractivity contribution in [1.29, 1.82) is 0 Å². The fourth-order valence-corrected chi connectivity index (χ4v) is 3.40. The Morgan fingerprint density at radius 3 is 2.24 bits per heavy atom. The van der Waals surface area contributed by atoms with Gasteiger partial charge in [0.15, 0.2) is 6.61 Å². The molecular weight excluding hydrogens is 366 g/mol. The standard InChI is InChI=1S/C23H31N3O3/c1-2-28-21-9-11-22(12-10-21)29-19-23(27)24-13-6-14-25-15-17-26(18-16-25)20-7-4-3-5-8-20/h3-5,7-12H,2,6,13-19H2,1H3,(H,24,27). The minimum atomic E-state index is -0.0900.